The van der Waals surface area contributed by atoms with E-state index in [1.165, 1.54) is 0 Å². The first kappa shape index (κ1) is 10.5. The highest BCUT2D eigenvalue weighted by Crippen LogP contribution is 2.66. The number of hydrogen-bond acceptors (Lipinski definition) is 2. The Kier molecular flexibility index (Phi) is 2.24. The quantitative estimate of drug-likeness (QED) is 0.554. The molecular formula is C11H21BO2. The molecule has 2 nitrogen and oxygen atoms in total. The number of rotatable bonds is 0. The van der Waals surface area contributed by atoms with Crippen molar-refractivity contribution in [2.45, 2.75) is 46.4 Å². The molecule has 1 aliphatic heterocycles. The molecule has 0 radical (unpaired) electrons. The molecule has 0 spiro atoms. The Balaban J connectivity index is 2.25. The smallest absolute Gasteiger partial charge is 0.296 e. The Morgan fingerprint density at radius 2 is 1.71 bits per heavy atom. The summed E-state index contributed by atoms with van der Waals surface area (Å²) in [7, 11) is 0. The van der Waals surface area contributed by atoms with Gasteiger partial charge in [-0.05, 0) is 16.6 Å². The van der Waals surface area contributed by atoms with E-state index in [0.717, 1.165) is 13.2 Å². The van der Waals surface area contributed by atoms with Crippen molar-refractivity contribution in [1.82, 2.24) is 0 Å². The van der Waals surface area contributed by atoms with E-state index in [2.05, 4.69) is 34.5 Å². The molecule has 2 atom stereocenters. The van der Waals surface area contributed by atoms with E-state index < -0.39 is 0 Å². The molecule has 2 unspecified atom stereocenters. The number of ether oxygens (including phenoxy) is 1. The molecule has 0 amide bonds. The van der Waals surface area contributed by atoms with Crippen LogP contribution in [0.2, 0.25) is 12.6 Å². The standard InChI is InChI=1S/C11H21BO2/c1-10(2)8-9(11(10,3)4)13-6-7-14-12(8)5/h8-9H,6-7H2,1-5H3. The van der Waals surface area contributed by atoms with Crippen molar-refractivity contribution < 1.29 is 9.39 Å². The van der Waals surface area contributed by atoms with Crippen molar-refractivity contribution in [2.75, 3.05) is 13.2 Å². The summed E-state index contributed by atoms with van der Waals surface area (Å²) in [5.41, 5.74) is 0.598. The van der Waals surface area contributed by atoms with Crippen LogP contribution in [0.4, 0.5) is 0 Å². The third-order valence-corrected chi connectivity index (χ3v) is 4.80. The van der Waals surface area contributed by atoms with Crippen LogP contribution in [0, 0.1) is 10.8 Å². The van der Waals surface area contributed by atoms with Gasteiger partial charge in [-0.25, -0.2) is 0 Å². The van der Waals surface area contributed by atoms with Gasteiger partial charge in [0.2, 0.25) is 0 Å². The van der Waals surface area contributed by atoms with E-state index in [1.807, 2.05) is 0 Å². The van der Waals surface area contributed by atoms with Gasteiger partial charge in [0.05, 0.1) is 19.3 Å². The monoisotopic (exact) mass is 196 g/mol. The summed E-state index contributed by atoms with van der Waals surface area (Å²) in [5.74, 6) is 0.556. The lowest BCUT2D eigenvalue weighted by Gasteiger charge is -2.64. The zero-order valence-corrected chi connectivity index (χ0v) is 9.96. The van der Waals surface area contributed by atoms with Crippen LogP contribution in [0.25, 0.3) is 0 Å². The minimum atomic E-state index is 0.277. The summed E-state index contributed by atoms with van der Waals surface area (Å²) in [6.07, 6.45) is 0.384. The van der Waals surface area contributed by atoms with E-state index in [4.69, 9.17) is 9.39 Å². The maximum absolute atomic E-state index is 5.90. The molecule has 80 valence electrons. The third-order valence-electron chi connectivity index (χ3n) is 4.80. The maximum Gasteiger partial charge on any atom is 0.296 e. The summed E-state index contributed by atoms with van der Waals surface area (Å²) < 4.78 is 11.6. The van der Waals surface area contributed by atoms with Crippen molar-refractivity contribution in [3.8, 4) is 0 Å². The number of hydrogen-bond donors (Lipinski definition) is 0. The maximum atomic E-state index is 5.90. The average Bonchev–Trinajstić information content (AvgIpc) is 2.26. The lowest BCUT2D eigenvalue weighted by atomic mass is 9.31. The zero-order valence-electron chi connectivity index (χ0n) is 9.96. The molecule has 0 bridgehead atoms. The summed E-state index contributed by atoms with van der Waals surface area (Å²) in [6, 6.07) is 0. The molecule has 1 saturated carbocycles. The first-order valence-corrected chi connectivity index (χ1v) is 5.62. The van der Waals surface area contributed by atoms with Gasteiger partial charge in [0.15, 0.2) is 0 Å². The highest BCUT2D eigenvalue weighted by molar-refractivity contribution is 6.53. The molecule has 2 fully saturated rings. The third kappa shape index (κ3) is 1.12. The normalized spacial score (nSPS) is 39.6. The SMILES string of the molecule is CB1OCCOC2C1C(C)(C)C2(C)C. The van der Waals surface area contributed by atoms with Crippen LogP contribution >= 0.6 is 0 Å². The van der Waals surface area contributed by atoms with Crippen molar-refractivity contribution in [1.29, 1.82) is 0 Å². The highest BCUT2D eigenvalue weighted by Gasteiger charge is 2.65. The van der Waals surface area contributed by atoms with Gasteiger partial charge in [-0.3, -0.25) is 0 Å². The molecule has 0 N–H and O–H groups in total. The largest absolute Gasteiger partial charge is 0.433 e. The van der Waals surface area contributed by atoms with Crippen LogP contribution in [0.3, 0.4) is 0 Å². The molecule has 1 saturated heterocycles. The molecule has 14 heavy (non-hydrogen) atoms. The fourth-order valence-corrected chi connectivity index (χ4v) is 3.18. The van der Waals surface area contributed by atoms with E-state index in [9.17, 15) is 0 Å². The molecule has 2 aliphatic rings. The van der Waals surface area contributed by atoms with Crippen LogP contribution in [0.1, 0.15) is 27.7 Å². The fourth-order valence-electron chi connectivity index (χ4n) is 3.18. The van der Waals surface area contributed by atoms with Crippen molar-refractivity contribution in [3.05, 3.63) is 0 Å². The molecular weight excluding hydrogens is 175 g/mol. The molecule has 0 aromatic rings. The van der Waals surface area contributed by atoms with Crippen molar-refractivity contribution in [2.24, 2.45) is 10.8 Å². The lowest BCUT2D eigenvalue weighted by Crippen LogP contribution is -2.64. The molecule has 3 heteroatoms. The second-order valence-corrected chi connectivity index (χ2v) is 5.84. The van der Waals surface area contributed by atoms with Gasteiger partial charge in [0, 0.05) is 0 Å². The summed E-state index contributed by atoms with van der Waals surface area (Å²) in [6.45, 7) is 13.3. The Hall–Kier alpha value is -0.0151. The van der Waals surface area contributed by atoms with Gasteiger partial charge in [-0.1, -0.05) is 34.5 Å². The minimum absolute atomic E-state index is 0.277. The van der Waals surface area contributed by atoms with Gasteiger partial charge in [-0.15, -0.1) is 0 Å². The van der Waals surface area contributed by atoms with Gasteiger partial charge < -0.3 is 9.39 Å². The second kappa shape index (κ2) is 2.99. The Morgan fingerprint density at radius 3 is 2.36 bits per heavy atom. The Labute approximate surface area is 87.5 Å². The molecule has 0 aromatic heterocycles. The summed E-state index contributed by atoms with van der Waals surface area (Å²) in [5, 5.41) is 0. The van der Waals surface area contributed by atoms with E-state index >= 15 is 0 Å². The Bertz CT molecular complexity index is 237. The molecule has 1 heterocycles. The van der Waals surface area contributed by atoms with Crippen LogP contribution in [-0.4, -0.2) is 26.2 Å². The summed E-state index contributed by atoms with van der Waals surface area (Å²) >= 11 is 0. The topological polar surface area (TPSA) is 18.5 Å². The predicted octanol–water partition coefficient (Wildman–Crippen LogP) is 2.46. The second-order valence-electron chi connectivity index (χ2n) is 5.84. The van der Waals surface area contributed by atoms with Crippen molar-refractivity contribution >= 4 is 6.92 Å². The summed E-state index contributed by atoms with van der Waals surface area (Å²) in [4.78, 5) is 0. The first-order chi connectivity index (χ1) is 6.39. The Morgan fingerprint density at radius 1 is 1.07 bits per heavy atom. The van der Waals surface area contributed by atoms with Crippen LogP contribution in [0.15, 0.2) is 0 Å². The molecule has 0 aromatic carbocycles. The van der Waals surface area contributed by atoms with E-state index in [-0.39, 0.29) is 5.41 Å². The molecule has 1 aliphatic carbocycles. The van der Waals surface area contributed by atoms with Crippen LogP contribution < -0.4 is 0 Å². The highest BCUT2D eigenvalue weighted by atomic mass is 16.5. The van der Waals surface area contributed by atoms with Gasteiger partial charge in [-0.2, -0.15) is 0 Å². The van der Waals surface area contributed by atoms with Gasteiger partial charge in [0.25, 0.3) is 6.92 Å². The average molecular weight is 196 g/mol. The fraction of sp³-hybridized carbons (Fsp3) is 1.00. The van der Waals surface area contributed by atoms with Gasteiger partial charge >= 0.3 is 0 Å². The first-order valence-electron chi connectivity index (χ1n) is 5.62. The zero-order chi connectivity index (χ0) is 10.6. The van der Waals surface area contributed by atoms with Crippen LogP contribution in [-0.2, 0) is 9.39 Å². The minimum Gasteiger partial charge on any atom is -0.433 e. The van der Waals surface area contributed by atoms with Gasteiger partial charge in [0.1, 0.15) is 0 Å². The van der Waals surface area contributed by atoms with Crippen LogP contribution in [0.5, 0.6) is 0 Å². The van der Waals surface area contributed by atoms with E-state index in [1.54, 1.807) is 0 Å². The number of fused-ring (bicyclic) bond motifs is 1. The van der Waals surface area contributed by atoms with E-state index in [0.29, 0.717) is 24.3 Å². The lowest BCUT2D eigenvalue weighted by molar-refractivity contribution is -0.177. The molecule has 2 rings (SSSR count). The van der Waals surface area contributed by atoms with Crippen molar-refractivity contribution in [3.63, 3.8) is 0 Å². The predicted molar refractivity (Wildman–Crippen MR) is 58.6 cm³/mol.